The van der Waals surface area contributed by atoms with E-state index in [4.69, 9.17) is 5.11 Å². The van der Waals surface area contributed by atoms with E-state index in [1.54, 1.807) is 11.3 Å². The minimum Gasteiger partial charge on any atom is -0.480 e. The molecular weight excluding hydrogens is 338 g/mol. The summed E-state index contributed by atoms with van der Waals surface area (Å²) in [5.74, 6) is -0.868. The van der Waals surface area contributed by atoms with Crippen molar-refractivity contribution in [3.8, 4) is 0 Å². The predicted molar refractivity (Wildman–Crippen MR) is 97.0 cm³/mol. The van der Waals surface area contributed by atoms with Crippen molar-refractivity contribution in [1.29, 1.82) is 0 Å². The summed E-state index contributed by atoms with van der Waals surface area (Å²) < 4.78 is 1.96. The van der Waals surface area contributed by atoms with Gasteiger partial charge in [-0.2, -0.15) is 0 Å². The lowest BCUT2D eigenvalue weighted by Gasteiger charge is -2.42. The van der Waals surface area contributed by atoms with Crippen LogP contribution in [0.4, 0.5) is 0 Å². The molecule has 2 aromatic rings. The van der Waals surface area contributed by atoms with Crippen molar-refractivity contribution in [2.24, 2.45) is 0 Å². The second-order valence-corrected chi connectivity index (χ2v) is 7.39. The largest absolute Gasteiger partial charge is 0.480 e. The molecule has 6 nitrogen and oxygen atoms in total. The molecule has 0 atom stereocenters. The van der Waals surface area contributed by atoms with Crippen LogP contribution in [0.15, 0.2) is 35.8 Å². The number of rotatable bonds is 8. The molecule has 0 saturated heterocycles. The summed E-state index contributed by atoms with van der Waals surface area (Å²) in [6.07, 6.45) is 3.53. The van der Waals surface area contributed by atoms with E-state index in [2.05, 4.69) is 11.4 Å². The monoisotopic (exact) mass is 361 g/mol. The number of carbonyl (C=O) groups excluding carboxylic acids is 1. The van der Waals surface area contributed by atoms with E-state index in [9.17, 15) is 9.59 Å². The SMILES string of the molecule is CCN(CC(=O)O)C1CC(NC(=O)c2cccn2Cc2cccs2)C1. The van der Waals surface area contributed by atoms with Crippen molar-refractivity contribution in [1.82, 2.24) is 14.8 Å². The highest BCUT2D eigenvalue weighted by Gasteiger charge is 2.35. The summed E-state index contributed by atoms with van der Waals surface area (Å²) in [6, 6.07) is 8.15. The minimum absolute atomic E-state index is 0.0610. The number of nitrogens with zero attached hydrogens (tertiary/aromatic N) is 2. The third-order valence-electron chi connectivity index (χ3n) is 4.68. The molecule has 2 heterocycles. The number of nitrogens with one attached hydrogen (secondary N) is 1. The van der Waals surface area contributed by atoms with Crippen LogP contribution in [0, 0.1) is 0 Å². The van der Waals surface area contributed by atoms with E-state index in [1.165, 1.54) is 4.88 Å². The van der Waals surface area contributed by atoms with Gasteiger partial charge in [-0.25, -0.2) is 0 Å². The number of aliphatic carboxylic acids is 1. The summed E-state index contributed by atoms with van der Waals surface area (Å²) in [5.41, 5.74) is 0.662. The van der Waals surface area contributed by atoms with E-state index in [0.717, 1.165) is 12.8 Å². The molecule has 1 amide bonds. The molecule has 0 bridgehead atoms. The van der Waals surface area contributed by atoms with Crippen LogP contribution >= 0.6 is 11.3 Å². The van der Waals surface area contributed by atoms with Gasteiger partial charge in [-0.15, -0.1) is 11.3 Å². The molecule has 3 rings (SSSR count). The third-order valence-corrected chi connectivity index (χ3v) is 5.54. The van der Waals surface area contributed by atoms with Crippen LogP contribution in [0.3, 0.4) is 0 Å². The molecule has 1 aliphatic rings. The number of likely N-dealkylation sites (N-methyl/N-ethyl adjacent to an activating group) is 1. The predicted octanol–water partition coefficient (Wildman–Crippen LogP) is 2.27. The van der Waals surface area contributed by atoms with E-state index in [-0.39, 0.29) is 24.5 Å². The van der Waals surface area contributed by atoms with Crippen LogP contribution < -0.4 is 5.32 Å². The Balaban J connectivity index is 1.53. The number of aromatic nitrogens is 1. The summed E-state index contributed by atoms with van der Waals surface area (Å²) >= 11 is 1.68. The van der Waals surface area contributed by atoms with Gasteiger partial charge in [0.15, 0.2) is 0 Å². The van der Waals surface area contributed by atoms with Crippen molar-refractivity contribution in [2.75, 3.05) is 13.1 Å². The molecule has 25 heavy (non-hydrogen) atoms. The number of thiophene rings is 1. The van der Waals surface area contributed by atoms with Crippen molar-refractivity contribution >= 4 is 23.2 Å². The standard InChI is InChI=1S/C18H23N3O3S/c1-2-20(12-17(22)23)14-9-13(10-14)19-18(24)16-6-3-7-21(16)11-15-5-4-8-25-15/h3-8,13-14H,2,9-12H2,1H3,(H,19,24)(H,22,23). The average molecular weight is 361 g/mol. The summed E-state index contributed by atoms with van der Waals surface area (Å²) in [4.78, 5) is 26.6. The molecule has 0 aromatic carbocycles. The fourth-order valence-electron chi connectivity index (χ4n) is 3.26. The van der Waals surface area contributed by atoms with Gasteiger partial charge in [0.2, 0.25) is 0 Å². The van der Waals surface area contributed by atoms with Crippen molar-refractivity contribution in [3.63, 3.8) is 0 Å². The molecule has 2 aromatic heterocycles. The smallest absolute Gasteiger partial charge is 0.317 e. The number of amides is 1. The maximum absolute atomic E-state index is 12.5. The summed E-state index contributed by atoms with van der Waals surface area (Å²) in [6.45, 7) is 3.43. The normalized spacial score (nSPS) is 19.6. The first-order valence-electron chi connectivity index (χ1n) is 8.51. The zero-order chi connectivity index (χ0) is 17.8. The van der Waals surface area contributed by atoms with Crippen LogP contribution in [0.1, 0.15) is 35.1 Å². The lowest BCUT2D eigenvalue weighted by molar-refractivity contribution is -0.139. The number of carboxylic acids is 1. The van der Waals surface area contributed by atoms with Gasteiger partial charge in [-0.05, 0) is 43.0 Å². The van der Waals surface area contributed by atoms with Gasteiger partial charge in [0.25, 0.3) is 5.91 Å². The highest BCUT2D eigenvalue weighted by Crippen LogP contribution is 2.26. The molecule has 134 valence electrons. The Bertz CT molecular complexity index is 720. The van der Waals surface area contributed by atoms with Crippen LogP contribution in [-0.2, 0) is 11.3 Å². The zero-order valence-electron chi connectivity index (χ0n) is 14.2. The van der Waals surface area contributed by atoms with Gasteiger partial charge in [-0.3, -0.25) is 14.5 Å². The van der Waals surface area contributed by atoms with Crippen molar-refractivity contribution in [3.05, 3.63) is 46.4 Å². The summed E-state index contributed by atoms with van der Waals surface area (Å²) in [7, 11) is 0. The Morgan fingerprint density at radius 1 is 1.36 bits per heavy atom. The molecule has 0 spiro atoms. The van der Waals surface area contributed by atoms with Crippen molar-refractivity contribution < 1.29 is 14.7 Å². The topological polar surface area (TPSA) is 74.6 Å². The number of carbonyl (C=O) groups is 2. The highest BCUT2D eigenvalue weighted by atomic mass is 32.1. The van der Waals surface area contributed by atoms with Gasteiger partial charge < -0.3 is 15.0 Å². The number of hydrogen-bond donors (Lipinski definition) is 2. The Morgan fingerprint density at radius 3 is 2.80 bits per heavy atom. The van der Waals surface area contributed by atoms with Gasteiger partial charge in [-0.1, -0.05) is 13.0 Å². The maximum Gasteiger partial charge on any atom is 0.317 e. The number of hydrogen-bond acceptors (Lipinski definition) is 4. The van der Waals surface area contributed by atoms with Gasteiger partial charge in [0, 0.05) is 23.2 Å². The Kier molecular flexibility index (Phi) is 5.55. The first-order chi connectivity index (χ1) is 12.1. The van der Waals surface area contributed by atoms with Crippen LogP contribution in [-0.4, -0.2) is 51.6 Å². The Hall–Kier alpha value is -2.12. The maximum atomic E-state index is 12.5. The molecule has 1 fully saturated rings. The first kappa shape index (κ1) is 17.7. The zero-order valence-corrected chi connectivity index (χ0v) is 15.0. The molecule has 1 aliphatic carbocycles. The molecule has 1 saturated carbocycles. The van der Waals surface area contributed by atoms with E-state index in [0.29, 0.717) is 18.8 Å². The molecule has 7 heteroatoms. The quantitative estimate of drug-likeness (QED) is 0.756. The fourth-order valence-corrected chi connectivity index (χ4v) is 3.97. The lowest BCUT2D eigenvalue weighted by atomic mass is 9.85. The van der Waals surface area contributed by atoms with E-state index >= 15 is 0 Å². The van der Waals surface area contributed by atoms with Gasteiger partial charge in [0.05, 0.1) is 13.1 Å². The van der Waals surface area contributed by atoms with Crippen molar-refractivity contribution in [2.45, 2.75) is 38.4 Å². The molecule has 2 N–H and O–H groups in total. The van der Waals surface area contributed by atoms with Gasteiger partial charge >= 0.3 is 5.97 Å². The lowest BCUT2D eigenvalue weighted by Crippen LogP contribution is -2.55. The third kappa shape index (κ3) is 4.29. The molecule has 0 radical (unpaired) electrons. The number of carboxylic acid groups (broad SMARTS) is 1. The van der Waals surface area contributed by atoms with Crippen LogP contribution in [0.25, 0.3) is 0 Å². The second-order valence-electron chi connectivity index (χ2n) is 6.35. The van der Waals surface area contributed by atoms with Gasteiger partial charge in [0.1, 0.15) is 5.69 Å². The first-order valence-corrected chi connectivity index (χ1v) is 9.39. The minimum atomic E-state index is -0.805. The van der Waals surface area contributed by atoms with E-state index < -0.39 is 5.97 Å². The van der Waals surface area contributed by atoms with E-state index in [1.807, 2.05) is 46.2 Å². The molecular formula is C18H23N3O3S. The van der Waals surface area contributed by atoms with Crippen LogP contribution in [0.2, 0.25) is 0 Å². The van der Waals surface area contributed by atoms with Crippen LogP contribution in [0.5, 0.6) is 0 Å². The molecule has 0 aliphatic heterocycles. The highest BCUT2D eigenvalue weighted by molar-refractivity contribution is 7.09. The Morgan fingerprint density at radius 2 is 2.16 bits per heavy atom. The fraction of sp³-hybridized carbons (Fsp3) is 0.444. The molecule has 0 unspecified atom stereocenters. The second kappa shape index (κ2) is 7.84. The Labute approximate surface area is 151 Å². The summed E-state index contributed by atoms with van der Waals surface area (Å²) in [5, 5.41) is 14.0. The average Bonchev–Trinajstić information content (AvgIpc) is 3.20.